The molecular formula is C23H29N7O. The quantitative estimate of drug-likeness (QED) is 0.588. The van der Waals surface area contributed by atoms with Crippen LogP contribution in [0, 0.1) is 0 Å². The maximum absolute atomic E-state index is 6.25. The van der Waals surface area contributed by atoms with Crippen molar-refractivity contribution in [3.63, 3.8) is 0 Å². The van der Waals surface area contributed by atoms with Crippen molar-refractivity contribution in [1.29, 1.82) is 0 Å². The summed E-state index contributed by atoms with van der Waals surface area (Å²) in [6.45, 7) is 0. The number of pyridine rings is 1. The zero-order chi connectivity index (χ0) is 21.2. The van der Waals surface area contributed by atoms with Crippen molar-refractivity contribution in [3.8, 4) is 28.4 Å². The fourth-order valence-electron chi connectivity index (χ4n) is 4.20. The second-order valence-corrected chi connectivity index (χ2v) is 8.68. The summed E-state index contributed by atoms with van der Waals surface area (Å²) >= 11 is 0. The third-order valence-corrected chi connectivity index (χ3v) is 6.23. The minimum absolute atomic E-state index is 0.251. The number of anilines is 1. The number of hydrogen-bond donors (Lipinski definition) is 2. The molecule has 162 valence electrons. The normalized spacial score (nSPS) is 21.5. The van der Waals surface area contributed by atoms with Crippen molar-refractivity contribution >= 4 is 5.82 Å². The zero-order valence-corrected chi connectivity index (χ0v) is 17.9. The van der Waals surface area contributed by atoms with E-state index in [2.05, 4.69) is 32.3 Å². The van der Waals surface area contributed by atoms with Crippen molar-refractivity contribution in [3.05, 3.63) is 36.7 Å². The Morgan fingerprint density at radius 3 is 2.61 bits per heavy atom. The van der Waals surface area contributed by atoms with Crippen molar-refractivity contribution in [1.82, 2.24) is 25.4 Å². The summed E-state index contributed by atoms with van der Waals surface area (Å²) in [4.78, 5) is 6.99. The molecular weight excluding hydrogens is 390 g/mol. The molecule has 2 saturated carbocycles. The van der Waals surface area contributed by atoms with Crippen LogP contribution >= 0.6 is 0 Å². The average Bonchev–Trinajstić information content (AvgIpc) is 3.50. The SMILES string of the molecule is CN(c1ccc(-c2ccc(-c3cn[nH]c3)c(OC3CC3)n2)nn1)[C@H]1CCCCC(N)C1. The molecule has 0 bridgehead atoms. The minimum atomic E-state index is 0.251. The fourth-order valence-corrected chi connectivity index (χ4v) is 4.20. The van der Waals surface area contributed by atoms with Gasteiger partial charge in [0.25, 0.3) is 0 Å². The number of ether oxygens (including phenoxy) is 1. The van der Waals surface area contributed by atoms with Gasteiger partial charge in [-0.25, -0.2) is 4.98 Å². The Hall–Kier alpha value is -3.00. The number of aromatic amines is 1. The van der Waals surface area contributed by atoms with Crippen molar-refractivity contribution in [2.45, 2.75) is 63.1 Å². The van der Waals surface area contributed by atoms with Crippen LogP contribution in [0.15, 0.2) is 36.7 Å². The van der Waals surface area contributed by atoms with Crippen molar-refractivity contribution in [2.24, 2.45) is 5.73 Å². The first-order valence-electron chi connectivity index (χ1n) is 11.2. The zero-order valence-electron chi connectivity index (χ0n) is 17.9. The van der Waals surface area contributed by atoms with Crippen LogP contribution in [0.1, 0.15) is 44.9 Å². The van der Waals surface area contributed by atoms with Crippen molar-refractivity contribution < 1.29 is 4.74 Å². The summed E-state index contributed by atoms with van der Waals surface area (Å²) in [7, 11) is 2.09. The largest absolute Gasteiger partial charge is 0.474 e. The maximum Gasteiger partial charge on any atom is 0.222 e. The van der Waals surface area contributed by atoms with Crippen LogP contribution in [0.2, 0.25) is 0 Å². The van der Waals surface area contributed by atoms with E-state index >= 15 is 0 Å². The summed E-state index contributed by atoms with van der Waals surface area (Å²) in [5, 5.41) is 15.9. The summed E-state index contributed by atoms with van der Waals surface area (Å²) < 4.78 is 6.08. The lowest BCUT2D eigenvalue weighted by molar-refractivity contribution is 0.293. The van der Waals surface area contributed by atoms with E-state index < -0.39 is 0 Å². The molecule has 0 aromatic carbocycles. The molecule has 2 aliphatic carbocycles. The fraction of sp³-hybridized carbons (Fsp3) is 0.478. The lowest BCUT2D eigenvalue weighted by Gasteiger charge is -2.29. The highest BCUT2D eigenvalue weighted by Gasteiger charge is 2.26. The summed E-state index contributed by atoms with van der Waals surface area (Å²) in [5.41, 5.74) is 9.62. The third-order valence-electron chi connectivity index (χ3n) is 6.23. The third kappa shape index (κ3) is 4.54. The standard InChI is InChI=1S/C23H29N7O/c1-30(17-5-3-2-4-16(24)12-17)22-11-10-21(28-29-22)20-9-8-19(15-13-25-26-14-15)23(27-20)31-18-6-7-18/h8-11,13-14,16-18H,2-7,12,24H2,1H3,(H,25,26)/t16?,17-/m0/s1. The Labute approximate surface area is 182 Å². The number of nitrogens with zero attached hydrogens (tertiary/aromatic N) is 5. The Kier molecular flexibility index (Phi) is 5.55. The molecule has 0 spiro atoms. The minimum Gasteiger partial charge on any atom is -0.474 e. The topological polar surface area (TPSA) is 106 Å². The van der Waals surface area contributed by atoms with Crippen LogP contribution in [0.5, 0.6) is 5.88 Å². The molecule has 3 N–H and O–H groups in total. The van der Waals surface area contributed by atoms with Gasteiger partial charge >= 0.3 is 0 Å². The maximum atomic E-state index is 6.25. The molecule has 3 aromatic heterocycles. The van der Waals surface area contributed by atoms with E-state index in [1.165, 1.54) is 12.8 Å². The number of hydrogen-bond acceptors (Lipinski definition) is 7. The van der Waals surface area contributed by atoms with Gasteiger partial charge in [0.2, 0.25) is 5.88 Å². The molecule has 8 nitrogen and oxygen atoms in total. The summed E-state index contributed by atoms with van der Waals surface area (Å²) in [6.07, 6.45) is 11.7. The number of nitrogens with one attached hydrogen (secondary N) is 1. The highest BCUT2D eigenvalue weighted by atomic mass is 16.5. The Morgan fingerprint density at radius 2 is 1.87 bits per heavy atom. The van der Waals surface area contributed by atoms with Gasteiger partial charge in [-0.15, -0.1) is 10.2 Å². The lowest BCUT2D eigenvalue weighted by Crippen LogP contribution is -2.36. The number of rotatable bonds is 6. The van der Waals surface area contributed by atoms with Crippen LogP contribution in [0.4, 0.5) is 5.82 Å². The number of aromatic nitrogens is 5. The molecule has 3 aromatic rings. The molecule has 2 aliphatic rings. The van der Waals surface area contributed by atoms with Crippen LogP contribution in [-0.2, 0) is 0 Å². The number of H-pyrrole nitrogens is 1. The van der Waals surface area contributed by atoms with Gasteiger partial charge < -0.3 is 15.4 Å². The second kappa shape index (κ2) is 8.63. The highest BCUT2D eigenvalue weighted by molar-refractivity contribution is 5.70. The van der Waals surface area contributed by atoms with Gasteiger partial charge in [-0.05, 0) is 56.4 Å². The first-order valence-corrected chi connectivity index (χ1v) is 11.2. The first-order chi connectivity index (χ1) is 15.2. The van der Waals surface area contributed by atoms with Crippen molar-refractivity contribution in [2.75, 3.05) is 11.9 Å². The smallest absolute Gasteiger partial charge is 0.222 e. The number of nitrogens with two attached hydrogens (primary N) is 1. The molecule has 31 heavy (non-hydrogen) atoms. The molecule has 1 unspecified atom stereocenters. The van der Waals surface area contributed by atoms with Gasteiger partial charge in [0, 0.05) is 36.5 Å². The lowest BCUT2D eigenvalue weighted by atomic mass is 10.1. The van der Waals surface area contributed by atoms with Gasteiger partial charge in [0.15, 0.2) is 5.82 Å². The van der Waals surface area contributed by atoms with E-state index in [1.807, 2.05) is 30.5 Å². The van der Waals surface area contributed by atoms with E-state index in [0.29, 0.717) is 11.9 Å². The van der Waals surface area contributed by atoms with Gasteiger partial charge in [-0.3, -0.25) is 5.10 Å². The van der Waals surface area contributed by atoms with Crippen LogP contribution < -0.4 is 15.4 Å². The average molecular weight is 420 g/mol. The van der Waals surface area contributed by atoms with E-state index in [9.17, 15) is 0 Å². The predicted molar refractivity (Wildman–Crippen MR) is 120 cm³/mol. The molecule has 2 fully saturated rings. The monoisotopic (exact) mass is 419 g/mol. The van der Waals surface area contributed by atoms with Gasteiger partial charge in [0.1, 0.15) is 11.8 Å². The Bertz CT molecular complexity index is 1000. The molecule has 0 aliphatic heterocycles. The first kappa shape index (κ1) is 19.9. The molecule has 0 saturated heterocycles. The molecule has 8 heteroatoms. The van der Waals surface area contributed by atoms with E-state index in [4.69, 9.17) is 15.5 Å². The van der Waals surface area contributed by atoms with Gasteiger partial charge in [0.05, 0.1) is 11.9 Å². The summed E-state index contributed by atoms with van der Waals surface area (Å²) in [5.74, 6) is 1.49. The van der Waals surface area contributed by atoms with Gasteiger partial charge in [-0.1, -0.05) is 12.8 Å². The van der Waals surface area contributed by atoms with E-state index in [1.54, 1.807) is 6.20 Å². The molecule has 5 rings (SSSR count). The summed E-state index contributed by atoms with van der Waals surface area (Å²) in [6, 6.07) is 8.65. The molecule has 3 heterocycles. The van der Waals surface area contributed by atoms with E-state index in [0.717, 1.165) is 60.4 Å². The second-order valence-electron chi connectivity index (χ2n) is 8.68. The van der Waals surface area contributed by atoms with Crippen LogP contribution in [-0.4, -0.2) is 50.6 Å². The Morgan fingerprint density at radius 1 is 1.03 bits per heavy atom. The highest BCUT2D eigenvalue weighted by Crippen LogP contribution is 2.35. The molecule has 0 amide bonds. The van der Waals surface area contributed by atoms with Crippen LogP contribution in [0.25, 0.3) is 22.5 Å². The van der Waals surface area contributed by atoms with E-state index in [-0.39, 0.29) is 12.1 Å². The Balaban J connectivity index is 1.37. The van der Waals surface area contributed by atoms with Crippen LogP contribution in [0.3, 0.4) is 0 Å². The van der Waals surface area contributed by atoms with Gasteiger partial charge in [-0.2, -0.15) is 5.10 Å². The molecule has 2 atom stereocenters. The molecule has 0 radical (unpaired) electrons. The predicted octanol–water partition coefficient (Wildman–Crippen LogP) is 3.57.